The number of thioether (sulfide) groups is 1. The third-order valence-electron chi connectivity index (χ3n) is 4.63. The molecule has 0 spiro atoms. The molecule has 0 radical (unpaired) electrons. The Labute approximate surface area is 207 Å². The van der Waals surface area contributed by atoms with E-state index in [1.165, 1.54) is 18.7 Å². The van der Waals surface area contributed by atoms with Gasteiger partial charge in [0, 0.05) is 6.54 Å². The highest BCUT2D eigenvalue weighted by Gasteiger charge is 2.33. The minimum atomic E-state index is -1.60. The van der Waals surface area contributed by atoms with Crippen LogP contribution >= 0.6 is 11.8 Å². The van der Waals surface area contributed by atoms with Gasteiger partial charge in [-0.3, -0.25) is 24.2 Å². The molecular weight excluding hydrogens is 484 g/mol. The number of nitrogens with zero attached hydrogens (tertiary/aromatic N) is 1. The van der Waals surface area contributed by atoms with Crippen molar-refractivity contribution in [2.24, 2.45) is 27.9 Å². The third kappa shape index (κ3) is 13.4. The van der Waals surface area contributed by atoms with Crippen molar-refractivity contribution < 1.29 is 34.2 Å². The van der Waals surface area contributed by atoms with Crippen molar-refractivity contribution in [3.8, 4) is 0 Å². The molecule has 0 bridgehead atoms. The van der Waals surface area contributed by atoms with Gasteiger partial charge in [0.15, 0.2) is 5.96 Å². The average molecular weight is 521 g/mol. The molecule has 0 heterocycles. The number of nitrogens with one attached hydrogen (secondary N) is 3. The lowest BCUT2D eigenvalue weighted by atomic mass is 10.1. The second kappa shape index (κ2) is 16.5. The first kappa shape index (κ1) is 31.9. The van der Waals surface area contributed by atoms with Crippen LogP contribution in [0.25, 0.3) is 0 Å². The van der Waals surface area contributed by atoms with Crippen LogP contribution in [0, 0.1) is 0 Å². The molecule has 15 nitrogen and oxygen atoms in total. The van der Waals surface area contributed by atoms with E-state index in [0.717, 1.165) is 0 Å². The number of aliphatic carboxylic acids is 1. The molecular formula is C19H36N8O7S. The van der Waals surface area contributed by atoms with Crippen LogP contribution in [0.5, 0.6) is 0 Å². The molecule has 16 heteroatoms. The van der Waals surface area contributed by atoms with Crippen LogP contribution in [-0.2, 0) is 24.0 Å². The highest BCUT2D eigenvalue weighted by molar-refractivity contribution is 7.98. The zero-order valence-corrected chi connectivity index (χ0v) is 20.5. The molecule has 0 rings (SSSR count). The normalized spacial score (nSPS) is 15.0. The fourth-order valence-electron chi connectivity index (χ4n) is 2.75. The van der Waals surface area contributed by atoms with E-state index in [1.807, 2.05) is 6.26 Å². The summed E-state index contributed by atoms with van der Waals surface area (Å²) in [5, 5.41) is 26.2. The van der Waals surface area contributed by atoms with Gasteiger partial charge < -0.3 is 49.1 Å². The smallest absolute Gasteiger partial charge is 0.326 e. The summed E-state index contributed by atoms with van der Waals surface area (Å²) in [6.45, 7) is 1.32. The number of carbonyl (C=O) groups excluding carboxylic acids is 4. The van der Waals surface area contributed by atoms with Gasteiger partial charge in [0.2, 0.25) is 23.6 Å². The van der Waals surface area contributed by atoms with Crippen molar-refractivity contribution >= 4 is 47.3 Å². The summed E-state index contributed by atoms with van der Waals surface area (Å²) in [4.78, 5) is 64.3. The number of nitrogens with two attached hydrogens (primary N) is 4. The molecule has 0 aliphatic heterocycles. The van der Waals surface area contributed by atoms with E-state index in [0.29, 0.717) is 12.2 Å². The lowest BCUT2D eigenvalue weighted by molar-refractivity contribution is -0.143. The summed E-state index contributed by atoms with van der Waals surface area (Å²) in [7, 11) is 0. The fraction of sp³-hybridized carbons (Fsp3) is 0.684. The molecule has 0 aromatic rings. The van der Waals surface area contributed by atoms with Crippen LogP contribution in [0.3, 0.4) is 0 Å². The number of aliphatic imine (C=N–C) groups is 1. The number of amides is 4. The Kier molecular flexibility index (Phi) is 15.0. The summed E-state index contributed by atoms with van der Waals surface area (Å²) in [6.07, 6.45) is 0.286. The number of aliphatic hydroxyl groups is 1. The van der Waals surface area contributed by atoms with E-state index in [2.05, 4.69) is 20.9 Å². The minimum Gasteiger partial charge on any atom is -0.480 e. The van der Waals surface area contributed by atoms with Gasteiger partial charge in [-0.05, 0) is 38.2 Å². The number of primary amides is 1. The maximum absolute atomic E-state index is 12.7. The van der Waals surface area contributed by atoms with Gasteiger partial charge in [-0.1, -0.05) is 0 Å². The van der Waals surface area contributed by atoms with Crippen molar-refractivity contribution in [2.75, 3.05) is 18.6 Å². The van der Waals surface area contributed by atoms with E-state index in [1.54, 1.807) is 0 Å². The topological polar surface area (TPSA) is 278 Å². The molecule has 13 N–H and O–H groups in total. The standard InChI is InChI=1S/C19H36N8O7S/c1-9(28)14(17(32)25-11(18(33)34)4-3-6-24-19(22)23)27-16(31)12(8-13(21)29)26-15(30)10(20)5-7-35-2/h9-12,14,28H,3-8,20H2,1-2H3,(H2,21,29)(H,25,32)(H,26,30)(H,27,31)(H,33,34)(H4,22,23,24). The third-order valence-corrected chi connectivity index (χ3v) is 5.27. The predicted molar refractivity (Wildman–Crippen MR) is 130 cm³/mol. The number of aliphatic hydroxyl groups excluding tert-OH is 1. The monoisotopic (exact) mass is 520 g/mol. The first-order chi connectivity index (χ1) is 16.3. The van der Waals surface area contributed by atoms with E-state index in [4.69, 9.17) is 22.9 Å². The van der Waals surface area contributed by atoms with Crippen molar-refractivity contribution in [1.82, 2.24) is 16.0 Å². The highest BCUT2D eigenvalue weighted by Crippen LogP contribution is 2.04. The number of hydrogen-bond acceptors (Lipinski definition) is 9. The van der Waals surface area contributed by atoms with Gasteiger partial charge in [-0.2, -0.15) is 11.8 Å². The average Bonchev–Trinajstić information content (AvgIpc) is 2.75. The molecule has 0 aromatic carbocycles. The summed E-state index contributed by atoms with van der Waals surface area (Å²) in [5.41, 5.74) is 21.3. The number of rotatable bonds is 17. The second-order valence-corrected chi connectivity index (χ2v) is 8.68. The quantitative estimate of drug-likeness (QED) is 0.0505. The zero-order valence-electron chi connectivity index (χ0n) is 19.7. The van der Waals surface area contributed by atoms with Gasteiger partial charge in [0.1, 0.15) is 18.1 Å². The Hall–Kier alpha value is -3.11. The predicted octanol–water partition coefficient (Wildman–Crippen LogP) is -4.08. The summed E-state index contributed by atoms with van der Waals surface area (Å²) in [6, 6.07) is -5.37. The number of carboxylic acids is 1. The summed E-state index contributed by atoms with van der Waals surface area (Å²) >= 11 is 1.47. The molecule has 0 aromatic heterocycles. The molecule has 35 heavy (non-hydrogen) atoms. The van der Waals surface area contributed by atoms with Gasteiger partial charge in [0.25, 0.3) is 0 Å². The first-order valence-corrected chi connectivity index (χ1v) is 12.1. The van der Waals surface area contributed by atoms with Crippen molar-refractivity contribution in [2.45, 2.75) is 62.9 Å². The van der Waals surface area contributed by atoms with Crippen LogP contribution < -0.4 is 38.9 Å². The van der Waals surface area contributed by atoms with Gasteiger partial charge >= 0.3 is 5.97 Å². The second-order valence-electron chi connectivity index (χ2n) is 7.69. The molecule has 4 amide bonds. The van der Waals surface area contributed by atoms with E-state index in [-0.39, 0.29) is 25.3 Å². The maximum atomic E-state index is 12.7. The van der Waals surface area contributed by atoms with Gasteiger partial charge in [-0.15, -0.1) is 0 Å². The van der Waals surface area contributed by atoms with Crippen LogP contribution in [-0.4, -0.2) is 94.6 Å². The van der Waals surface area contributed by atoms with E-state index >= 15 is 0 Å². The Morgan fingerprint density at radius 3 is 2.03 bits per heavy atom. The lowest BCUT2D eigenvalue weighted by Gasteiger charge is -2.26. The lowest BCUT2D eigenvalue weighted by Crippen LogP contribution is -2.60. The largest absolute Gasteiger partial charge is 0.480 e. The molecule has 0 saturated heterocycles. The molecule has 0 aliphatic rings. The van der Waals surface area contributed by atoms with Crippen molar-refractivity contribution in [3.63, 3.8) is 0 Å². The Balaban J connectivity index is 5.35. The maximum Gasteiger partial charge on any atom is 0.326 e. The molecule has 0 aliphatic carbocycles. The van der Waals surface area contributed by atoms with Crippen LogP contribution in [0.2, 0.25) is 0 Å². The number of carboxylic acid groups (broad SMARTS) is 1. The Morgan fingerprint density at radius 2 is 1.54 bits per heavy atom. The van der Waals surface area contributed by atoms with Crippen LogP contribution in [0.15, 0.2) is 4.99 Å². The van der Waals surface area contributed by atoms with E-state index in [9.17, 15) is 34.2 Å². The fourth-order valence-corrected chi connectivity index (χ4v) is 3.24. The molecule has 0 saturated carbocycles. The first-order valence-electron chi connectivity index (χ1n) is 10.7. The Bertz CT molecular complexity index is 776. The Morgan fingerprint density at radius 1 is 0.943 bits per heavy atom. The number of guanidine groups is 1. The molecule has 200 valence electrons. The van der Waals surface area contributed by atoms with E-state index < -0.39 is 66.3 Å². The van der Waals surface area contributed by atoms with Crippen molar-refractivity contribution in [3.05, 3.63) is 0 Å². The van der Waals surface area contributed by atoms with Crippen LogP contribution in [0.4, 0.5) is 0 Å². The zero-order chi connectivity index (χ0) is 27.1. The minimum absolute atomic E-state index is 0.0351. The number of hydrogen-bond donors (Lipinski definition) is 9. The van der Waals surface area contributed by atoms with Crippen molar-refractivity contribution in [1.29, 1.82) is 0 Å². The molecule has 5 atom stereocenters. The van der Waals surface area contributed by atoms with Crippen LogP contribution in [0.1, 0.15) is 32.6 Å². The summed E-state index contributed by atoms with van der Waals surface area (Å²) < 4.78 is 0. The number of carbonyl (C=O) groups is 5. The summed E-state index contributed by atoms with van der Waals surface area (Å²) in [5.74, 6) is -4.53. The SMILES string of the molecule is CSCCC(N)C(=O)NC(CC(N)=O)C(=O)NC(C(=O)NC(CCCN=C(N)N)C(=O)O)C(C)O. The van der Waals surface area contributed by atoms with Gasteiger partial charge in [0.05, 0.1) is 18.6 Å². The highest BCUT2D eigenvalue weighted by atomic mass is 32.2. The molecule has 5 unspecified atom stereocenters. The van der Waals surface area contributed by atoms with Gasteiger partial charge in [-0.25, -0.2) is 4.79 Å². The molecule has 0 fully saturated rings.